The summed E-state index contributed by atoms with van der Waals surface area (Å²) in [6, 6.07) is 13.2. The molecule has 5 rings (SSSR count). The summed E-state index contributed by atoms with van der Waals surface area (Å²) in [5, 5.41) is 0. The first kappa shape index (κ1) is 20.6. The first-order valence-electron chi connectivity index (χ1n) is 11.1. The van der Waals surface area contributed by atoms with Gasteiger partial charge in [-0.25, -0.2) is 0 Å². The first-order chi connectivity index (χ1) is 15.4. The van der Waals surface area contributed by atoms with E-state index in [9.17, 15) is 9.59 Å². The Morgan fingerprint density at radius 3 is 2.53 bits per heavy atom. The molecule has 1 atom stereocenters. The van der Waals surface area contributed by atoms with Gasteiger partial charge in [0.15, 0.2) is 17.3 Å². The topological polar surface area (TPSA) is 65.1 Å². The number of Topliss-reactive ketones (excluding diaryl/α,β-unsaturated/α-hetero) is 1. The van der Waals surface area contributed by atoms with E-state index in [4.69, 9.17) is 14.2 Å². The number of ether oxygens (including phenoxy) is 3. The minimum atomic E-state index is -0.283. The molecule has 2 aromatic rings. The average molecular weight is 434 g/mol. The van der Waals surface area contributed by atoms with Gasteiger partial charge in [-0.05, 0) is 60.7 Å². The van der Waals surface area contributed by atoms with Crippen molar-refractivity contribution in [3.63, 3.8) is 0 Å². The molecule has 32 heavy (non-hydrogen) atoms. The van der Waals surface area contributed by atoms with Crippen LogP contribution in [0.5, 0.6) is 17.2 Å². The lowest BCUT2D eigenvalue weighted by Crippen LogP contribution is -2.43. The summed E-state index contributed by atoms with van der Waals surface area (Å²) in [6.45, 7) is 6.87. The molecule has 1 unspecified atom stereocenters. The third-order valence-electron chi connectivity index (χ3n) is 6.35. The minimum absolute atomic E-state index is 0.0129. The molecule has 0 bridgehead atoms. The fourth-order valence-electron chi connectivity index (χ4n) is 4.99. The second kappa shape index (κ2) is 7.69. The van der Waals surface area contributed by atoms with Crippen molar-refractivity contribution in [2.45, 2.75) is 46.0 Å². The average Bonchev–Trinajstić information content (AvgIpc) is 3.21. The third-order valence-corrected chi connectivity index (χ3v) is 6.35. The van der Waals surface area contributed by atoms with Gasteiger partial charge in [-0.1, -0.05) is 19.9 Å². The largest absolute Gasteiger partial charge is 0.494 e. The molecule has 6 nitrogen and oxygen atoms in total. The Morgan fingerprint density at radius 1 is 1.03 bits per heavy atom. The predicted molar refractivity (Wildman–Crippen MR) is 120 cm³/mol. The molecule has 166 valence electrons. The van der Waals surface area contributed by atoms with Gasteiger partial charge in [-0.2, -0.15) is 0 Å². The molecule has 2 aliphatic heterocycles. The summed E-state index contributed by atoms with van der Waals surface area (Å²) < 4.78 is 16.5. The van der Waals surface area contributed by atoms with Crippen LogP contribution in [-0.2, 0) is 9.59 Å². The number of amides is 1. The molecule has 6 heteroatoms. The van der Waals surface area contributed by atoms with E-state index in [0.29, 0.717) is 30.9 Å². The summed E-state index contributed by atoms with van der Waals surface area (Å²) in [5.41, 5.74) is 3.03. The number of carbonyl (C=O) groups is 2. The zero-order valence-electron chi connectivity index (χ0n) is 18.6. The maximum absolute atomic E-state index is 13.5. The second-order valence-corrected chi connectivity index (χ2v) is 9.33. The van der Waals surface area contributed by atoms with Crippen molar-refractivity contribution in [1.29, 1.82) is 0 Å². The molecule has 0 radical (unpaired) electrons. The molecule has 0 saturated heterocycles. The normalized spacial score (nSPS) is 21.6. The van der Waals surface area contributed by atoms with Crippen LogP contribution in [0.2, 0.25) is 0 Å². The number of benzene rings is 2. The van der Waals surface area contributed by atoms with E-state index in [2.05, 4.69) is 13.8 Å². The lowest BCUT2D eigenvalue weighted by molar-refractivity contribution is -0.121. The van der Waals surface area contributed by atoms with Crippen molar-refractivity contribution in [2.75, 3.05) is 18.3 Å². The lowest BCUT2D eigenvalue weighted by atomic mass is 9.69. The number of allylic oxidation sites excluding steroid dienone is 2. The van der Waals surface area contributed by atoms with Crippen molar-refractivity contribution >= 4 is 17.4 Å². The Balaban J connectivity index is 1.61. The van der Waals surface area contributed by atoms with Crippen LogP contribution in [0.1, 0.15) is 51.5 Å². The highest BCUT2D eigenvalue weighted by Crippen LogP contribution is 2.49. The van der Waals surface area contributed by atoms with Gasteiger partial charge in [0.05, 0.1) is 6.61 Å². The molecule has 0 fully saturated rings. The zero-order chi connectivity index (χ0) is 22.5. The maximum Gasteiger partial charge on any atom is 0.232 e. The van der Waals surface area contributed by atoms with E-state index in [1.54, 1.807) is 4.90 Å². The Kier molecular flexibility index (Phi) is 4.96. The smallest absolute Gasteiger partial charge is 0.232 e. The number of anilines is 1. The van der Waals surface area contributed by atoms with Gasteiger partial charge in [0, 0.05) is 35.7 Å². The van der Waals surface area contributed by atoms with Crippen LogP contribution in [0, 0.1) is 5.41 Å². The predicted octanol–water partition coefficient (Wildman–Crippen LogP) is 4.98. The van der Waals surface area contributed by atoms with Gasteiger partial charge in [-0.15, -0.1) is 0 Å². The Labute approximate surface area is 187 Å². The first-order valence-corrected chi connectivity index (χ1v) is 11.1. The second-order valence-electron chi connectivity index (χ2n) is 9.33. The Bertz CT molecular complexity index is 1120. The van der Waals surface area contributed by atoms with Gasteiger partial charge in [0.25, 0.3) is 0 Å². The fraction of sp³-hybridized carbons (Fsp3) is 0.385. The van der Waals surface area contributed by atoms with E-state index in [-0.39, 0.29) is 36.2 Å². The zero-order valence-corrected chi connectivity index (χ0v) is 18.6. The maximum atomic E-state index is 13.5. The highest BCUT2D eigenvalue weighted by molar-refractivity contribution is 6.07. The van der Waals surface area contributed by atoms with E-state index in [1.165, 1.54) is 0 Å². The monoisotopic (exact) mass is 433 g/mol. The quantitative estimate of drug-likeness (QED) is 0.681. The minimum Gasteiger partial charge on any atom is -0.494 e. The van der Waals surface area contributed by atoms with Gasteiger partial charge in [0.2, 0.25) is 12.7 Å². The van der Waals surface area contributed by atoms with E-state index in [0.717, 1.165) is 28.3 Å². The van der Waals surface area contributed by atoms with E-state index >= 15 is 0 Å². The molecule has 0 N–H and O–H groups in total. The van der Waals surface area contributed by atoms with E-state index < -0.39 is 0 Å². The van der Waals surface area contributed by atoms with Crippen molar-refractivity contribution in [3.05, 3.63) is 59.3 Å². The SMILES string of the molecule is CCOc1ccc(N2C(=O)CC(c3ccc4c(c3)OCO4)C3=C2CC(C)(C)CC3=O)cc1. The molecule has 0 spiro atoms. The van der Waals surface area contributed by atoms with Gasteiger partial charge in [-0.3, -0.25) is 14.5 Å². The number of carbonyl (C=O) groups excluding carboxylic acids is 2. The summed E-state index contributed by atoms with van der Waals surface area (Å²) in [4.78, 5) is 28.6. The number of rotatable bonds is 4. The fourth-order valence-corrected chi connectivity index (χ4v) is 4.99. The van der Waals surface area contributed by atoms with Gasteiger partial charge >= 0.3 is 0 Å². The molecule has 1 aliphatic carbocycles. The summed E-state index contributed by atoms with van der Waals surface area (Å²) in [6.07, 6.45) is 1.37. The van der Waals surface area contributed by atoms with Crippen LogP contribution in [0.3, 0.4) is 0 Å². The van der Waals surface area contributed by atoms with Crippen LogP contribution in [0.15, 0.2) is 53.7 Å². The van der Waals surface area contributed by atoms with Crippen LogP contribution >= 0.6 is 0 Å². The van der Waals surface area contributed by atoms with Crippen molar-refractivity contribution < 1.29 is 23.8 Å². The molecule has 3 aliphatic rings. The Hall–Kier alpha value is -3.28. The number of fused-ring (bicyclic) bond motifs is 1. The van der Waals surface area contributed by atoms with Crippen LogP contribution in [0.4, 0.5) is 5.69 Å². The van der Waals surface area contributed by atoms with E-state index in [1.807, 2.05) is 49.4 Å². The molecular formula is C26H27NO5. The molecule has 1 amide bonds. The number of nitrogens with zero attached hydrogens (tertiary/aromatic N) is 1. The Morgan fingerprint density at radius 2 is 1.78 bits per heavy atom. The molecular weight excluding hydrogens is 406 g/mol. The summed E-state index contributed by atoms with van der Waals surface area (Å²) in [7, 11) is 0. The highest BCUT2D eigenvalue weighted by Gasteiger charge is 2.44. The summed E-state index contributed by atoms with van der Waals surface area (Å²) in [5.74, 6) is 1.93. The van der Waals surface area contributed by atoms with Crippen LogP contribution in [-0.4, -0.2) is 25.1 Å². The third kappa shape index (κ3) is 3.53. The molecule has 0 saturated carbocycles. The summed E-state index contributed by atoms with van der Waals surface area (Å²) >= 11 is 0. The molecule has 2 heterocycles. The highest BCUT2D eigenvalue weighted by atomic mass is 16.7. The van der Waals surface area contributed by atoms with Crippen LogP contribution < -0.4 is 19.1 Å². The standard InChI is InChI=1S/C26H27NO5/c1-4-30-18-8-6-17(7-9-18)27-20-13-26(2,3)14-21(28)25(20)19(12-24(27)29)16-5-10-22-23(11-16)32-15-31-22/h5-11,19H,4,12-15H2,1-3H3. The molecule has 2 aromatic carbocycles. The van der Waals surface area contributed by atoms with Gasteiger partial charge < -0.3 is 14.2 Å². The number of ketones is 1. The number of hydrogen-bond donors (Lipinski definition) is 0. The van der Waals surface area contributed by atoms with Crippen molar-refractivity contribution in [3.8, 4) is 17.2 Å². The van der Waals surface area contributed by atoms with Crippen LogP contribution in [0.25, 0.3) is 0 Å². The van der Waals surface area contributed by atoms with Crippen molar-refractivity contribution in [1.82, 2.24) is 0 Å². The number of hydrogen-bond acceptors (Lipinski definition) is 5. The molecule has 0 aromatic heterocycles. The van der Waals surface area contributed by atoms with Gasteiger partial charge in [0.1, 0.15) is 5.75 Å². The lowest BCUT2D eigenvalue weighted by Gasteiger charge is -2.43. The van der Waals surface area contributed by atoms with Crippen molar-refractivity contribution in [2.24, 2.45) is 5.41 Å².